The van der Waals surface area contributed by atoms with E-state index in [1.807, 2.05) is 64.1 Å². The van der Waals surface area contributed by atoms with Gasteiger partial charge >= 0.3 is 5.97 Å². The predicted molar refractivity (Wildman–Crippen MR) is 173 cm³/mol. The van der Waals surface area contributed by atoms with Crippen molar-refractivity contribution in [2.75, 3.05) is 23.7 Å². The molecule has 9 nitrogen and oxygen atoms in total. The molecule has 0 aromatic heterocycles. The molecule has 1 amide bonds. The SMILES string of the molecule is CCNc1cc2c(cc1C)C1(c3cc(C)c(NCC)cc3O2)c2ccccc2C(=O)N1/N=C/C=N/c1ccc(C(=O)O)cc1. The summed E-state index contributed by atoms with van der Waals surface area (Å²) in [5, 5.41) is 22.3. The quantitative estimate of drug-likeness (QED) is 0.189. The number of carbonyl (C=O) groups excluding carboxylic acids is 1. The van der Waals surface area contributed by atoms with Gasteiger partial charge in [-0.15, -0.1) is 0 Å². The first-order valence-corrected chi connectivity index (χ1v) is 14.6. The summed E-state index contributed by atoms with van der Waals surface area (Å²) in [5.74, 6) is 0.0402. The van der Waals surface area contributed by atoms with Gasteiger partial charge in [-0.3, -0.25) is 9.79 Å². The average molecular weight is 588 g/mol. The molecule has 4 aromatic rings. The third-order valence-electron chi connectivity index (χ3n) is 8.03. The summed E-state index contributed by atoms with van der Waals surface area (Å²) in [6, 6.07) is 22.0. The van der Waals surface area contributed by atoms with Crippen LogP contribution in [0, 0.1) is 13.8 Å². The lowest BCUT2D eigenvalue weighted by Gasteiger charge is -2.42. The molecular weight excluding hydrogens is 554 g/mol. The summed E-state index contributed by atoms with van der Waals surface area (Å²) in [6.07, 6.45) is 2.99. The van der Waals surface area contributed by atoms with Gasteiger partial charge in [-0.1, -0.05) is 18.2 Å². The van der Waals surface area contributed by atoms with Gasteiger partial charge in [-0.2, -0.15) is 5.10 Å². The second-order valence-corrected chi connectivity index (χ2v) is 10.8. The zero-order chi connectivity index (χ0) is 31.0. The normalized spacial score (nSPS) is 14.5. The smallest absolute Gasteiger partial charge is 0.335 e. The highest BCUT2D eigenvalue weighted by Crippen LogP contribution is 2.58. The predicted octanol–water partition coefficient (Wildman–Crippen LogP) is 7.11. The van der Waals surface area contributed by atoms with E-state index in [1.54, 1.807) is 12.1 Å². The van der Waals surface area contributed by atoms with Crippen LogP contribution in [0.15, 0.2) is 82.9 Å². The number of aliphatic imine (C=N–C) groups is 1. The Morgan fingerprint density at radius 3 is 2.02 bits per heavy atom. The van der Waals surface area contributed by atoms with Gasteiger partial charge in [0.05, 0.1) is 17.5 Å². The van der Waals surface area contributed by atoms with Crippen molar-refractivity contribution in [2.24, 2.45) is 10.1 Å². The molecular formula is C35H33N5O4. The highest BCUT2D eigenvalue weighted by molar-refractivity contribution is 6.17. The van der Waals surface area contributed by atoms with Crippen LogP contribution < -0.4 is 15.4 Å². The molecule has 2 aliphatic heterocycles. The Morgan fingerprint density at radius 1 is 0.864 bits per heavy atom. The van der Waals surface area contributed by atoms with Crippen molar-refractivity contribution in [1.82, 2.24) is 5.01 Å². The molecule has 2 heterocycles. The minimum atomic E-state index is -1.10. The lowest BCUT2D eigenvalue weighted by molar-refractivity contribution is 0.0672. The minimum Gasteiger partial charge on any atom is -0.478 e. The first kappa shape index (κ1) is 28.7. The Bertz CT molecular complexity index is 1780. The number of hydrogen-bond acceptors (Lipinski definition) is 7. The molecule has 0 fully saturated rings. The van der Waals surface area contributed by atoms with E-state index in [9.17, 15) is 14.7 Å². The van der Waals surface area contributed by atoms with Gasteiger partial charge in [0.25, 0.3) is 5.91 Å². The zero-order valence-electron chi connectivity index (χ0n) is 25.0. The maximum Gasteiger partial charge on any atom is 0.335 e. The Hall–Kier alpha value is -5.44. The van der Waals surface area contributed by atoms with Crippen molar-refractivity contribution in [3.8, 4) is 11.5 Å². The fourth-order valence-corrected chi connectivity index (χ4v) is 6.06. The van der Waals surface area contributed by atoms with Crippen LogP contribution in [0.3, 0.4) is 0 Å². The van der Waals surface area contributed by atoms with Crippen LogP contribution >= 0.6 is 0 Å². The van der Waals surface area contributed by atoms with Gasteiger partial charge in [-0.25, -0.2) is 9.80 Å². The van der Waals surface area contributed by atoms with Crippen molar-refractivity contribution < 1.29 is 19.4 Å². The van der Waals surface area contributed by atoms with Crippen molar-refractivity contribution >= 4 is 41.4 Å². The first-order chi connectivity index (χ1) is 21.3. The van der Waals surface area contributed by atoms with E-state index in [1.165, 1.54) is 29.6 Å². The molecule has 1 spiro atoms. The molecule has 0 unspecified atom stereocenters. The van der Waals surface area contributed by atoms with Crippen LogP contribution in [-0.2, 0) is 5.54 Å². The summed E-state index contributed by atoms with van der Waals surface area (Å²) in [6.45, 7) is 9.68. The number of ether oxygens (including phenoxy) is 1. The van der Waals surface area contributed by atoms with Crippen LogP contribution in [-0.4, -0.2) is 47.5 Å². The molecule has 222 valence electrons. The topological polar surface area (TPSA) is 116 Å². The number of amides is 1. The summed E-state index contributed by atoms with van der Waals surface area (Å²) >= 11 is 0. The van der Waals surface area contributed by atoms with Crippen molar-refractivity contribution in [3.63, 3.8) is 0 Å². The second kappa shape index (κ2) is 11.3. The molecule has 6 rings (SSSR count). The lowest BCUT2D eigenvalue weighted by atomic mass is 9.74. The number of anilines is 2. The largest absolute Gasteiger partial charge is 0.478 e. The monoisotopic (exact) mass is 587 g/mol. The molecule has 0 aliphatic carbocycles. The van der Waals surface area contributed by atoms with Crippen LogP contribution in [0.2, 0.25) is 0 Å². The van der Waals surface area contributed by atoms with Gasteiger partial charge in [-0.05, 0) is 81.3 Å². The third kappa shape index (κ3) is 4.57. The first-order valence-electron chi connectivity index (χ1n) is 14.6. The summed E-state index contributed by atoms with van der Waals surface area (Å²) in [7, 11) is 0. The molecule has 3 N–H and O–H groups in total. The fourth-order valence-electron chi connectivity index (χ4n) is 6.06. The molecule has 0 atom stereocenters. The third-order valence-corrected chi connectivity index (χ3v) is 8.03. The van der Waals surface area contributed by atoms with E-state index in [-0.39, 0.29) is 11.5 Å². The molecule has 4 aromatic carbocycles. The van der Waals surface area contributed by atoms with Crippen molar-refractivity contribution in [1.29, 1.82) is 0 Å². The highest BCUT2D eigenvalue weighted by Gasteiger charge is 2.57. The van der Waals surface area contributed by atoms with Crippen molar-refractivity contribution in [2.45, 2.75) is 33.2 Å². The molecule has 0 saturated carbocycles. The number of hydrazone groups is 1. The van der Waals surface area contributed by atoms with E-state index in [4.69, 9.17) is 9.84 Å². The lowest BCUT2D eigenvalue weighted by Crippen LogP contribution is -2.44. The van der Waals surface area contributed by atoms with Gasteiger partial charge in [0.2, 0.25) is 0 Å². The molecule has 2 aliphatic rings. The van der Waals surface area contributed by atoms with Crippen LogP contribution in [0.5, 0.6) is 11.5 Å². The number of aromatic carboxylic acids is 1. The Morgan fingerprint density at radius 2 is 1.45 bits per heavy atom. The van der Waals surface area contributed by atoms with Gasteiger partial charge in [0, 0.05) is 65.1 Å². The van der Waals surface area contributed by atoms with Gasteiger partial charge < -0.3 is 20.5 Å². The molecule has 9 heteroatoms. The van der Waals surface area contributed by atoms with Crippen molar-refractivity contribution in [3.05, 3.63) is 112 Å². The Balaban J connectivity index is 1.55. The maximum atomic E-state index is 14.2. The summed E-state index contributed by atoms with van der Waals surface area (Å²) in [4.78, 5) is 29.8. The average Bonchev–Trinajstić information content (AvgIpc) is 3.26. The highest BCUT2D eigenvalue weighted by atomic mass is 16.5. The number of aryl methyl sites for hydroxylation is 2. The standard InChI is InChI=1S/C35H33N5O4/c1-5-36-29-19-31-27(17-21(29)3)35(28-18-22(4)30(37-6-2)20-32(28)44-31)26-10-8-7-9-25(26)33(41)40(35)39-16-15-38-24-13-11-23(12-14-24)34(42)43/h7-20,36-37H,5-6H2,1-4H3,(H,42,43)/b38-15+,39-16+. The number of rotatable bonds is 8. The minimum absolute atomic E-state index is 0.178. The fraction of sp³-hybridized carbons (Fsp3) is 0.200. The number of nitrogens with one attached hydrogen (secondary N) is 2. The zero-order valence-corrected chi connectivity index (χ0v) is 25.0. The number of benzene rings is 4. The van der Waals surface area contributed by atoms with E-state index in [0.29, 0.717) is 22.7 Å². The number of hydrogen-bond donors (Lipinski definition) is 3. The van der Waals surface area contributed by atoms with Crippen LogP contribution in [0.1, 0.15) is 62.4 Å². The number of carboxylic acids is 1. The second-order valence-electron chi connectivity index (χ2n) is 10.8. The molecule has 0 bridgehead atoms. The van der Waals surface area contributed by atoms with E-state index < -0.39 is 11.5 Å². The molecule has 0 saturated heterocycles. The van der Waals surface area contributed by atoms with E-state index in [2.05, 4.69) is 27.8 Å². The maximum absolute atomic E-state index is 14.2. The van der Waals surface area contributed by atoms with Crippen LogP contribution in [0.4, 0.5) is 17.1 Å². The number of carbonyl (C=O) groups is 2. The number of carboxylic acid groups (broad SMARTS) is 1. The molecule has 0 radical (unpaired) electrons. The van der Waals surface area contributed by atoms with Gasteiger partial charge in [0.1, 0.15) is 17.0 Å². The number of fused-ring (bicyclic) bond motifs is 6. The Kier molecular flexibility index (Phi) is 7.38. The van der Waals surface area contributed by atoms with E-state index >= 15 is 0 Å². The van der Waals surface area contributed by atoms with Gasteiger partial charge in [0.15, 0.2) is 0 Å². The number of nitrogens with zero attached hydrogens (tertiary/aromatic N) is 3. The molecule has 44 heavy (non-hydrogen) atoms. The summed E-state index contributed by atoms with van der Waals surface area (Å²) in [5.41, 5.74) is 6.60. The summed E-state index contributed by atoms with van der Waals surface area (Å²) < 4.78 is 6.62. The van der Waals surface area contributed by atoms with E-state index in [0.717, 1.165) is 52.3 Å². The van der Waals surface area contributed by atoms with Crippen LogP contribution in [0.25, 0.3) is 0 Å². The Labute approximate surface area is 255 Å².